The summed E-state index contributed by atoms with van der Waals surface area (Å²) in [5, 5.41) is 10.1. The molecule has 4 amide bonds. The molecule has 1 aromatic heterocycles. The predicted octanol–water partition coefficient (Wildman–Crippen LogP) is 3.41. The number of amides is 4. The van der Waals surface area contributed by atoms with E-state index in [2.05, 4.69) is 27.0 Å². The summed E-state index contributed by atoms with van der Waals surface area (Å²) in [5.41, 5.74) is -1.51. The molecule has 3 N–H and O–H groups in total. The smallest absolute Gasteiger partial charge is 0.408 e. The van der Waals surface area contributed by atoms with Crippen LogP contribution in [-0.2, 0) is 34.1 Å². The van der Waals surface area contributed by atoms with Crippen LogP contribution < -0.4 is 20.9 Å². The first-order chi connectivity index (χ1) is 27.8. The summed E-state index contributed by atoms with van der Waals surface area (Å²) in [6, 6.07) is 15.1. The van der Waals surface area contributed by atoms with Gasteiger partial charge >= 0.3 is 16.3 Å². The van der Waals surface area contributed by atoms with Crippen LogP contribution in [0, 0.1) is 11.3 Å². The number of carbonyl (C=O) groups is 4. The van der Waals surface area contributed by atoms with Gasteiger partial charge in [0, 0.05) is 37.5 Å². The lowest BCUT2D eigenvalue weighted by Gasteiger charge is -2.36. The Morgan fingerprint density at radius 1 is 0.966 bits per heavy atom. The van der Waals surface area contributed by atoms with Crippen LogP contribution in [0.1, 0.15) is 60.4 Å². The van der Waals surface area contributed by atoms with Crippen molar-refractivity contribution in [3.8, 4) is 22.3 Å². The molecular formula is C42H53N7O9S. The van der Waals surface area contributed by atoms with Crippen LogP contribution in [0.25, 0.3) is 22.3 Å². The number of ether oxygens (including phenoxy) is 2. The molecule has 316 valence electrons. The average molecular weight is 832 g/mol. The first kappa shape index (κ1) is 43.2. The van der Waals surface area contributed by atoms with Crippen LogP contribution in [0.4, 0.5) is 4.79 Å². The maximum atomic E-state index is 14.8. The molecule has 1 saturated carbocycles. The second kappa shape index (κ2) is 16.7. The quantitative estimate of drug-likeness (QED) is 0.241. The van der Waals surface area contributed by atoms with Gasteiger partial charge < -0.3 is 25.0 Å². The van der Waals surface area contributed by atoms with Gasteiger partial charge in [-0.2, -0.15) is 17.8 Å². The second-order valence-corrected chi connectivity index (χ2v) is 18.9. The molecule has 3 heterocycles. The lowest BCUT2D eigenvalue weighted by atomic mass is 9.85. The van der Waals surface area contributed by atoms with E-state index in [1.807, 2.05) is 60.7 Å². The first-order valence-electron chi connectivity index (χ1n) is 19.6. The number of alkyl carbamates (subject to hydrolysis) is 1. The molecule has 0 bridgehead atoms. The summed E-state index contributed by atoms with van der Waals surface area (Å²) in [4.78, 5) is 72.3. The van der Waals surface area contributed by atoms with Crippen LogP contribution >= 0.6 is 0 Å². The fourth-order valence-corrected chi connectivity index (χ4v) is 8.74. The zero-order chi connectivity index (χ0) is 42.9. The lowest BCUT2D eigenvalue weighted by Crippen LogP contribution is -2.61. The van der Waals surface area contributed by atoms with Crippen molar-refractivity contribution < 1.29 is 37.1 Å². The molecule has 6 rings (SSSR count). The lowest BCUT2D eigenvalue weighted by molar-refractivity contribution is -0.143. The number of carbonyl (C=O) groups excluding carboxylic acids is 4. The number of aromatic nitrogens is 2. The largest absolute Gasteiger partial charge is 0.444 e. The fraction of sp³-hybridized carbons (Fsp3) is 0.476. The first-order valence-corrected chi connectivity index (χ1v) is 21.1. The minimum absolute atomic E-state index is 0.0470. The molecule has 5 atom stereocenters. The van der Waals surface area contributed by atoms with E-state index < -0.39 is 80.2 Å². The Labute approximate surface area is 344 Å². The average Bonchev–Trinajstić information content (AvgIpc) is 3.73. The third-order valence-corrected chi connectivity index (χ3v) is 12.2. The van der Waals surface area contributed by atoms with Crippen LogP contribution in [0.2, 0.25) is 0 Å². The van der Waals surface area contributed by atoms with Gasteiger partial charge in [-0.05, 0) is 43.7 Å². The molecule has 0 spiro atoms. The normalized spacial score (nSPS) is 22.8. The molecular weight excluding hydrogens is 779 g/mol. The summed E-state index contributed by atoms with van der Waals surface area (Å²) in [5.74, 6) is -2.96. The van der Waals surface area contributed by atoms with Crippen molar-refractivity contribution in [1.82, 2.24) is 34.3 Å². The molecule has 59 heavy (non-hydrogen) atoms. The van der Waals surface area contributed by atoms with Crippen molar-refractivity contribution in [2.75, 3.05) is 32.8 Å². The molecule has 1 aliphatic carbocycles. The zero-order valence-corrected chi connectivity index (χ0v) is 35.1. The number of benzene rings is 2. The Balaban J connectivity index is 1.38. The second-order valence-electron chi connectivity index (χ2n) is 17.2. The van der Waals surface area contributed by atoms with Crippen molar-refractivity contribution in [3.05, 3.63) is 89.9 Å². The third kappa shape index (κ3) is 9.42. The molecule has 3 fully saturated rings. The Morgan fingerprint density at radius 2 is 1.58 bits per heavy atom. The van der Waals surface area contributed by atoms with Crippen molar-refractivity contribution in [1.29, 1.82) is 0 Å². The van der Waals surface area contributed by atoms with Gasteiger partial charge in [0.05, 0.1) is 31.0 Å². The SMILES string of the molecule is C=C[C@@H]1C[C@]1(NC(=O)[C@@H]1C[C@@H](n2ncc(-c3ccccc3)c(-c3ccccc3)c2=O)CN1C(=O)[C@@H](NC(=O)OC(C)(C)C)C(C)(C)C)C(=O)NS(=O)(=O)N1CCOCC1. The van der Waals surface area contributed by atoms with E-state index in [1.54, 1.807) is 47.7 Å². The van der Waals surface area contributed by atoms with E-state index >= 15 is 0 Å². The third-order valence-electron chi connectivity index (χ3n) is 10.7. The zero-order valence-electron chi connectivity index (χ0n) is 34.3. The number of hydrogen-bond acceptors (Lipinski definition) is 10. The molecule has 3 aliphatic rings. The number of nitrogens with one attached hydrogen (secondary N) is 3. The molecule has 16 nitrogen and oxygen atoms in total. The van der Waals surface area contributed by atoms with E-state index in [9.17, 15) is 32.4 Å². The molecule has 2 saturated heterocycles. The molecule has 0 unspecified atom stereocenters. The Morgan fingerprint density at radius 3 is 2.14 bits per heavy atom. The van der Waals surface area contributed by atoms with Crippen molar-refractivity contribution >= 4 is 34.0 Å². The number of morpholine rings is 1. The summed E-state index contributed by atoms with van der Waals surface area (Å²) in [6.45, 7) is 14.4. The minimum Gasteiger partial charge on any atom is -0.444 e. The standard InChI is InChI=1S/C42H53N7O9S/c1-8-29-24-42(29,38(53)46-59(55,56)47-19-21-57-22-20-47)45-35(50)32-23-30(26-48(32)37(52)34(40(2,3)4)44-39(54)58-41(5,6)7)49-36(51)33(28-17-13-10-14-18-28)31(25-43-49)27-15-11-9-12-16-27/h8-18,25,29-30,32,34H,1,19-24,26H2,2-7H3,(H,44,54)(H,45,50)(H,46,53)/t29-,30-,32+,34-,42-/m1/s1. The predicted molar refractivity (Wildman–Crippen MR) is 220 cm³/mol. The van der Waals surface area contributed by atoms with Crippen molar-refractivity contribution in [2.24, 2.45) is 11.3 Å². The van der Waals surface area contributed by atoms with E-state index in [1.165, 1.54) is 15.7 Å². The van der Waals surface area contributed by atoms with Crippen LogP contribution in [0.5, 0.6) is 0 Å². The van der Waals surface area contributed by atoms with Crippen LogP contribution in [0.3, 0.4) is 0 Å². The van der Waals surface area contributed by atoms with Gasteiger partial charge in [0.15, 0.2) is 0 Å². The number of rotatable bonds is 11. The molecule has 2 aliphatic heterocycles. The fourth-order valence-electron chi connectivity index (χ4n) is 7.57. The number of nitrogens with zero attached hydrogens (tertiary/aromatic N) is 4. The Kier molecular flexibility index (Phi) is 12.2. The summed E-state index contributed by atoms with van der Waals surface area (Å²) < 4.78 is 41.7. The van der Waals surface area contributed by atoms with Gasteiger partial charge in [-0.1, -0.05) is 87.5 Å². The Bertz CT molecular complexity index is 2250. The Hall–Kier alpha value is -5.39. The highest BCUT2D eigenvalue weighted by atomic mass is 32.2. The van der Waals surface area contributed by atoms with Gasteiger partial charge in [-0.3, -0.25) is 19.2 Å². The molecule has 3 aromatic rings. The highest BCUT2D eigenvalue weighted by Crippen LogP contribution is 2.45. The number of likely N-dealkylation sites (tertiary alicyclic amines) is 1. The molecule has 2 aromatic carbocycles. The van der Waals surface area contributed by atoms with Gasteiger partial charge in [0.25, 0.3) is 11.5 Å². The van der Waals surface area contributed by atoms with Crippen LogP contribution in [0.15, 0.2) is 84.3 Å². The monoisotopic (exact) mass is 831 g/mol. The van der Waals surface area contributed by atoms with E-state index in [0.717, 1.165) is 9.87 Å². The van der Waals surface area contributed by atoms with Crippen LogP contribution in [-0.4, -0.2) is 107 Å². The summed E-state index contributed by atoms with van der Waals surface area (Å²) in [6.07, 6.45) is 2.17. The minimum atomic E-state index is -4.28. The summed E-state index contributed by atoms with van der Waals surface area (Å²) in [7, 11) is -4.28. The number of hydrogen-bond donors (Lipinski definition) is 3. The van der Waals surface area contributed by atoms with Gasteiger partial charge in [-0.15, -0.1) is 6.58 Å². The maximum absolute atomic E-state index is 14.8. The van der Waals surface area contributed by atoms with Gasteiger partial charge in [0.2, 0.25) is 11.8 Å². The van der Waals surface area contributed by atoms with E-state index in [-0.39, 0.29) is 45.7 Å². The molecule has 0 radical (unpaired) electrons. The van der Waals surface area contributed by atoms with Gasteiger partial charge in [0.1, 0.15) is 23.2 Å². The topological polar surface area (TPSA) is 198 Å². The maximum Gasteiger partial charge on any atom is 0.408 e. The highest BCUT2D eigenvalue weighted by Gasteiger charge is 2.62. The van der Waals surface area contributed by atoms with Gasteiger partial charge in [-0.25, -0.2) is 14.2 Å². The highest BCUT2D eigenvalue weighted by molar-refractivity contribution is 7.87. The van der Waals surface area contributed by atoms with Crippen molar-refractivity contribution in [2.45, 2.75) is 83.6 Å². The summed E-state index contributed by atoms with van der Waals surface area (Å²) >= 11 is 0. The molecule has 17 heteroatoms. The van der Waals surface area contributed by atoms with E-state index in [4.69, 9.17) is 9.47 Å². The van der Waals surface area contributed by atoms with E-state index in [0.29, 0.717) is 16.7 Å². The van der Waals surface area contributed by atoms with Crippen molar-refractivity contribution in [3.63, 3.8) is 0 Å².